The van der Waals surface area contributed by atoms with Crippen LogP contribution < -0.4 is 16.2 Å². The molecule has 0 fully saturated rings. The van der Waals surface area contributed by atoms with Gasteiger partial charge in [0.2, 0.25) is 0 Å². The van der Waals surface area contributed by atoms with Crippen LogP contribution in [0.5, 0.6) is 5.75 Å². The Hall–Kier alpha value is -2.34. The van der Waals surface area contributed by atoms with Gasteiger partial charge in [-0.2, -0.15) is 0 Å². The third-order valence-corrected chi connectivity index (χ3v) is 4.16. The highest BCUT2D eigenvalue weighted by molar-refractivity contribution is 6.29. The smallest absolute Gasteiger partial charge is 0.170 e. The van der Waals surface area contributed by atoms with Crippen LogP contribution in [-0.2, 0) is 0 Å². The highest BCUT2D eigenvalue weighted by Crippen LogP contribution is 2.37. The number of nitrogens with two attached hydrogens (primary N) is 1. The number of hydrogen-bond acceptors (Lipinski definition) is 4. The van der Waals surface area contributed by atoms with E-state index in [1.807, 2.05) is 30.5 Å². The predicted molar refractivity (Wildman–Crippen MR) is 84.3 cm³/mol. The Kier molecular flexibility index (Phi) is 3.12. The van der Waals surface area contributed by atoms with Gasteiger partial charge in [-0.1, -0.05) is 24.3 Å². The lowest BCUT2D eigenvalue weighted by molar-refractivity contribution is 0.176. The fourth-order valence-corrected chi connectivity index (χ4v) is 3.03. The first-order valence-corrected chi connectivity index (χ1v) is 7.34. The molecule has 1 aromatic carbocycles. The molecule has 0 unspecified atom stereocenters. The molecule has 2 radical (unpaired) electrons. The average Bonchev–Trinajstić information content (AvgIpc) is 2.91. The molecule has 1 aliphatic carbocycles. The van der Waals surface area contributed by atoms with Crippen LogP contribution >= 0.6 is 0 Å². The molecule has 2 N–H and O–H groups in total. The first-order chi connectivity index (χ1) is 10.7. The molecule has 0 amide bonds. The van der Waals surface area contributed by atoms with E-state index in [1.54, 1.807) is 4.40 Å². The number of hydrogen-bond donors (Lipinski definition) is 1. The van der Waals surface area contributed by atoms with Gasteiger partial charge < -0.3 is 10.5 Å². The molecule has 1 aliphatic rings. The maximum Gasteiger partial charge on any atom is 0.170 e. The molecular weight excluding hydrogens is 275 g/mol. The summed E-state index contributed by atoms with van der Waals surface area (Å²) < 4.78 is 7.89. The third-order valence-electron chi connectivity index (χ3n) is 4.16. The Morgan fingerprint density at radius 3 is 2.77 bits per heavy atom. The Morgan fingerprint density at radius 2 is 1.91 bits per heavy atom. The molecule has 108 valence electrons. The van der Waals surface area contributed by atoms with E-state index in [-0.39, 0.29) is 12.1 Å². The summed E-state index contributed by atoms with van der Waals surface area (Å²) in [7, 11) is 5.79. The van der Waals surface area contributed by atoms with E-state index in [9.17, 15) is 0 Å². The second-order valence-corrected chi connectivity index (χ2v) is 5.57. The molecule has 5 nitrogen and oxygen atoms in total. The second-order valence-electron chi connectivity index (χ2n) is 5.57. The predicted octanol–water partition coefficient (Wildman–Crippen LogP) is 1.44. The fourth-order valence-electron chi connectivity index (χ4n) is 3.03. The molecule has 6 heteroatoms. The molecule has 0 aliphatic heterocycles. The summed E-state index contributed by atoms with van der Waals surface area (Å²) in [5, 5.41) is 7.82. The molecule has 3 aromatic rings. The van der Waals surface area contributed by atoms with Crippen molar-refractivity contribution in [2.24, 2.45) is 5.73 Å². The summed E-state index contributed by atoms with van der Waals surface area (Å²) in [6, 6.07) is 12.0. The molecule has 0 spiro atoms. The number of nitrogens with zero attached hydrogens (tertiary/aromatic N) is 3. The highest BCUT2D eigenvalue weighted by Gasteiger charge is 2.26. The van der Waals surface area contributed by atoms with Crippen LogP contribution in [0.3, 0.4) is 0 Å². The number of fused-ring (bicyclic) bond motifs is 2. The molecule has 0 saturated carbocycles. The number of pyridine rings is 1. The molecule has 2 aromatic heterocycles. The lowest BCUT2D eigenvalue weighted by Gasteiger charge is -2.30. The van der Waals surface area contributed by atoms with E-state index in [1.165, 1.54) is 5.56 Å². The van der Waals surface area contributed by atoms with Crippen molar-refractivity contribution < 1.29 is 4.74 Å². The Balaban J connectivity index is 1.68. The number of aromatic nitrogens is 3. The van der Waals surface area contributed by atoms with Gasteiger partial charge in [0.1, 0.15) is 11.9 Å². The Morgan fingerprint density at radius 1 is 1.09 bits per heavy atom. The normalized spacial score (nSPS) is 20.8. The van der Waals surface area contributed by atoms with Crippen LogP contribution in [0.2, 0.25) is 0 Å². The molecule has 0 bridgehead atoms. The van der Waals surface area contributed by atoms with Crippen LogP contribution in [0.4, 0.5) is 0 Å². The summed E-state index contributed by atoms with van der Waals surface area (Å²) in [5.74, 6) is 0.745. The summed E-state index contributed by atoms with van der Waals surface area (Å²) in [4.78, 5) is 0. The summed E-state index contributed by atoms with van der Waals surface area (Å²) in [6.07, 6.45) is 3.64. The zero-order chi connectivity index (χ0) is 15.1. The first-order valence-electron chi connectivity index (χ1n) is 7.34. The van der Waals surface area contributed by atoms with E-state index in [4.69, 9.17) is 18.3 Å². The van der Waals surface area contributed by atoms with Crippen LogP contribution in [0.25, 0.3) is 5.65 Å². The van der Waals surface area contributed by atoms with Crippen molar-refractivity contribution in [1.29, 1.82) is 0 Å². The molecule has 2 heterocycles. The summed E-state index contributed by atoms with van der Waals surface area (Å²) in [6.45, 7) is 0. The number of ether oxygens (including phenoxy) is 1. The number of benzene rings is 1. The number of rotatable bonds is 2. The Bertz CT molecular complexity index is 832. The standard InChI is InChI=1S/C16H15BN4O/c17-16-20-19-15-8-5-10(9-21(15)16)22-14-7-6-13(18)11-3-1-2-4-12(11)14/h1-5,8-9,13-14H,6-7,18H2/t13-,14+/m0/s1. The highest BCUT2D eigenvalue weighted by atomic mass is 16.5. The van der Waals surface area contributed by atoms with Crippen molar-refractivity contribution in [2.75, 3.05) is 0 Å². The second kappa shape index (κ2) is 5.14. The van der Waals surface area contributed by atoms with Crippen molar-refractivity contribution in [1.82, 2.24) is 14.6 Å². The van der Waals surface area contributed by atoms with Gasteiger partial charge >= 0.3 is 0 Å². The zero-order valence-electron chi connectivity index (χ0n) is 12.0. The maximum absolute atomic E-state index is 6.19. The Labute approximate surface area is 129 Å². The van der Waals surface area contributed by atoms with Crippen LogP contribution in [0.1, 0.15) is 36.1 Å². The topological polar surface area (TPSA) is 65.4 Å². The molecule has 0 saturated heterocycles. The zero-order valence-corrected chi connectivity index (χ0v) is 12.0. The monoisotopic (exact) mass is 290 g/mol. The quantitative estimate of drug-likeness (QED) is 0.725. The van der Waals surface area contributed by atoms with Crippen molar-refractivity contribution in [2.45, 2.75) is 25.0 Å². The van der Waals surface area contributed by atoms with Gasteiger partial charge in [-0.05, 0) is 36.1 Å². The van der Waals surface area contributed by atoms with E-state index in [2.05, 4.69) is 22.3 Å². The van der Waals surface area contributed by atoms with E-state index < -0.39 is 0 Å². The lowest BCUT2D eigenvalue weighted by Crippen LogP contribution is -2.23. The third kappa shape index (κ3) is 2.16. The van der Waals surface area contributed by atoms with Crippen LogP contribution in [0.15, 0.2) is 42.6 Å². The van der Waals surface area contributed by atoms with Crippen LogP contribution in [-0.4, -0.2) is 22.4 Å². The molecule has 22 heavy (non-hydrogen) atoms. The van der Waals surface area contributed by atoms with Gasteiger partial charge in [-0.3, -0.25) is 4.40 Å². The minimum absolute atomic E-state index is 0.00570. The molecular formula is C16H15BN4O. The molecule has 4 rings (SSSR count). The molecule has 2 atom stereocenters. The van der Waals surface area contributed by atoms with Gasteiger partial charge in [0.15, 0.2) is 13.5 Å². The van der Waals surface area contributed by atoms with Gasteiger partial charge in [0.25, 0.3) is 0 Å². The van der Waals surface area contributed by atoms with Gasteiger partial charge in [-0.15, -0.1) is 10.2 Å². The van der Waals surface area contributed by atoms with E-state index in [0.29, 0.717) is 11.4 Å². The van der Waals surface area contributed by atoms with Crippen molar-refractivity contribution in [3.8, 4) is 5.75 Å². The minimum Gasteiger partial charge on any atom is -0.484 e. The van der Waals surface area contributed by atoms with Crippen molar-refractivity contribution in [3.05, 3.63) is 53.7 Å². The minimum atomic E-state index is 0.00570. The van der Waals surface area contributed by atoms with Crippen LogP contribution in [0, 0.1) is 0 Å². The average molecular weight is 290 g/mol. The lowest BCUT2D eigenvalue weighted by atomic mass is 9.86. The maximum atomic E-state index is 6.19. The SMILES string of the molecule is [B]c1nnc2ccc(O[C@@H]3CC[C@H](N)c4ccccc43)cn12. The van der Waals surface area contributed by atoms with E-state index in [0.717, 1.165) is 24.2 Å². The first kappa shape index (κ1) is 13.3. The van der Waals surface area contributed by atoms with Gasteiger partial charge in [0, 0.05) is 6.04 Å². The largest absolute Gasteiger partial charge is 0.484 e. The van der Waals surface area contributed by atoms with Gasteiger partial charge in [0.05, 0.1) is 11.9 Å². The summed E-state index contributed by atoms with van der Waals surface area (Å²) >= 11 is 0. The van der Waals surface area contributed by atoms with Crippen molar-refractivity contribution >= 4 is 19.2 Å². The van der Waals surface area contributed by atoms with Crippen molar-refractivity contribution in [3.63, 3.8) is 0 Å². The van der Waals surface area contributed by atoms with Gasteiger partial charge in [-0.25, -0.2) is 0 Å². The fraction of sp³-hybridized carbons (Fsp3) is 0.250. The summed E-state index contributed by atoms with van der Waals surface area (Å²) in [5.41, 5.74) is 9.58. The van der Waals surface area contributed by atoms with E-state index >= 15 is 0 Å².